The van der Waals surface area contributed by atoms with Crippen molar-refractivity contribution in [2.75, 3.05) is 18.0 Å². The number of carbonyl (C=O) groups excluding carboxylic acids is 1. The largest absolute Gasteiger partial charge is 0.365 e. The zero-order chi connectivity index (χ0) is 13.4. The topological polar surface area (TPSA) is 56.1 Å². The van der Waals surface area contributed by atoms with E-state index in [1.54, 1.807) is 0 Å². The van der Waals surface area contributed by atoms with E-state index < -0.39 is 0 Å². The van der Waals surface area contributed by atoms with Gasteiger partial charge in [0, 0.05) is 17.6 Å². The van der Waals surface area contributed by atoms with Crippen LogP contribution < -0.4 is 10.2 Å². The van der Waals surface area contributed by atoms with Gasteiger partial charge in [0.2, 0.25) is 5.91 Å². The molecule has 1 aromatic rings. The summed E-state index contributed by atoms with van der Waals surface area (Å²) in [7, 11) is 0. The normalized spacial score (nSPS) is 25.7. The third-order valence-electron chi connectivity index (χ3n) is 3.99. The van der Waals surface area contributed by atoms with Gasteiger partial charge in [-0.2, -0.15) is 5.26 Å². The number of hydrogen-bond acceptors (Lipinski definition) is 3. The minimum absolute atomic E-state index is 0.0731. The van der Waals surface area contributed by atoms with Crippen LogP contribution in [0, 0.1) is 17.2 Å². The van der Waals surface area contributed by atoms with Gasteiger partial charge in [-0.3, -0.25) is 4.79 Å². The average molecular weight is 320 g/mol. The van der Waals surface area contributed by atoms with Crippen molar-refractivity contribution in [1.29, 1.82) is 5.26 Å². The number of nitrogens with one attached hydrogen (secondary N) is 1. The van der Waals surface area contributed by atoms with Gasteiger partial charge < -0.3 is 10.2 Å². The highest BCUT2D eigenvalue weighted by molar-refractivity contribution is 9.10. The summed E-state index contributed by atoms with van der Waals surface area (Å²) >= 11 is 3.39. The molecule has 0 bridgehead atoms. The molecule has 5 heteroatoms. The van der Waals surface area contributed by atoms with Crippen LogP contribution in [0.1, 0.15) is 18.4 Å². The molecule has 1 amide bonds. The van der Waals surface area contributed by atoms with Crippen LogP contribution in [0.2, 0.25) is 0 Å². The Hall–Kier alpha value is -1.54. The second-order valence-electron chi connectivity index (χ2n) is 5.03. The van der Waals surface area contributed by atoms with Gasteiger partial charge >= 0.3 is 0 Å². The number of benzene rings is 1. The Balaban J connectivity index is 1.98. The van der Waals surface area contributed by atoms with E-state index in [2.05, 4.69) is 32.2 Å². The molecule has 2 saturated heterocycles. The molecule has 3 rings (SSSR count). The highest BCUT2D eigenvalue weighted by Crippen LogP contribution is 2.34. The molecular weight excluding hydrogens is 306 g/mol. The van der Waals surface area contributed by atoms with Gasteiger partial charge in [-0.05, 0) is 31.0 Å². The molecule has 1 N–H and O–H groups in total. The minimum atomic E-state index is 0.0731. The molecule has 2 fully saturated rings. The molecular formula is C14H14BrN3O. The van der Waals surface area contributed by atoms with Crippen LogP contribution in [0.5, 0.6) is 0 Å². The van der Waals surface area contributed by atoms with Crippen LogP contribution in [0.4, 0.5) is 5.69 Å². The summed E-state index contributed by atoms with van der Waals surface area (Å²) in [5.74, 6) is 0.231. The van der Waals surface area contributed by atoms with Gasteiger partial charge in [-0.15, -0.1) is 0 Å². The summed E-state index contributed by atoms with van der Waals surface area (Å²) < 4.78 is 0.905. The predicted molar refractivity (Wildman–Crippen MR) is 75.7 cm³/mol. The average Bonchev–Trinajstić information content (AvgIpc) is 2.81. The summed E-state index contributed by atoms with van der Waals surface area (Å²) in [6.45, 7) is 1.59. The number of hydrogen-bond donors (Lipinski definition) is 1. The predicted octanol–water partition coefficient (Wildman–Crippen LogP) is 2.04. The fraction of sp³-hybridized carbons (Fsp3) is 0.429. The number of rotatable bonds is 1. The first-order chi connectivity index (χ1) is 9.20. The molecule has 0 spiro atoms. The Morgan fingerprint density at radius 1 is 1.47 bits per heavy atom. The van der Waals surface area contributed by atoms with E-state index in [4.69, 9.17) is 0 Å². The van der Waals surface area contributed by atoms with Crippen LogP contribution in [-0.4, -0.2) is 25.0 Å². The van der Waals surface area contributed by atoms with E-state index in [9.17, 15) is 10.1 Å². The van der Waals surface area contributed by atoms with Crippen molar-refractivity contribution < 1.29 is 4.79 Å². The zero-order valence-corrected chi connectivity index (χ0v) is 12.0. The standard InChI is InChI=1S/C14H14BrN3O/c15-10-3-4-12(9(6-10)7-16)18-5-1-2-11-13(18)8-17-14(11)19/h3-4,6,11,13H,1-2,5,8H2,(H,17,19). The number of nitriles is 1. The molecule has 0 aliphatic carbocycles. The van der Waals surface area contributed by atoms with Crippen molar-refractivity contribution >= 4 is 27.5 Å². The van der Waals surface area contributed by atoms with Gasteiger partial charge in [-0.1, -0.05) is 15.9 Å². The van der Waals surface area contributed by atoms with Crippen molar-refractivity contribution in [2.45, 2.75) is 18.9 Å². The number of halogens is 1. The number of nitrogens with zero attached hydrogens (tertiary/aromatic N) is 2. The molecule has 2 unspecified atom stereocenters. The third kappa shape index (κ3) is 2.10. The lowest BCUT2D eigenvalue weighted by atomic mass is 9.90. The molecule has 0 aromatic heterocycles. The van der Waals surface area contributed by atoms with Crippen LogP contribution >= 0.6 is 15.9 Å². The zero-order valence-electron chi connectivity index (χ0n) is 10.4. The lowest BCUT2D eigenvalue weighted by molar-refractivity contribution is -0.122. The minimum Gasteiger partial charge on any atom is -0.365 e. The second kappa shape index (κ2) is 4.86. The molecule has 0 saturated carbocycles. The maximum atomic E-state index is 11.8. The molecule has 0 radical (unpaired) electrons. The number of anilines is 1. The number of piperidine rings is 1. The van der Waals surface area contributed by atoms with Gasteiger partial charge in [0.1, 0.15) is 6.07 Å². The van der Waals surface area contributed by atoms with Gasteiger partial charge in [0.05, 0.1) is 23.2 Å². The Morgan fingerprint density at radius 2 is 2.32 bits per heavy atom. The molecule has 2 heterocycles. The second-order valence-corrected chi connectivity index (χ2v) is 5.94. The summed E-state index contributed by atoms with van der Waals surface area (Å²) in [4.78, 5) is 14.0. The van der Waals surface area contributed by atoms with Crippen LogP contribution in [-0.2, 0) is 4.79 Å². The first-order valence-corrected chi connectivity index (χ1v) is 7.24. The lowest BCUT2D eigenvalue weighted by Gasteiger charge is -2.38. The van der Waals surface area contributed by atoms with Crippen molar-refractivity contribution in [1.82, 2.24) is 5.32 Å². The van der Waals surface area contributed by atoms with E-state index in [1.165, 1.54) is 0 Å². The van der Waals surface area contributed by atoms with Crippen molar-refractivity contribution in [3.63, 3.8) is 0 Å². The van der Waals surface area contributed by atoms with Crippen LogP contribution in [0.3, 0.4) is 0 Å². The molecule has 2 aliphatic rings. The van der Waals surface area contributed by atoms with Gasteiger partial charge in [0.15, 0.2) is 0 Å². The van der Waals surface area contributed by atoms with Crippen molar-refractivity contribution in [3.05, 3.63) is 28.2 Å². The lowest BCUT2D eigenvalue weighted by Crippen LogP contribution is -2.46. The summed E-state index contributed by atoms with van der Waals surface area (Å²) in [6.07, 6.45) is 1.95. The Kier molecular flexibility index (Phi) is 3.19. The highest BCUT2D eigenvalue weighted by atomic mass is 79.9. The van der Waals surface area contributed by atoms with E-state index in [-0.39, 0.29) is 17.9 Å². The smallest absolute Gasteiger partial charge is 0.225 e. The summed E-state index contributed by atoms with van der Waals surface area (Å²) in [5.41, 5.74) is 1.60. The molecule has 2 aliphatic heterocycles. The number of fused-ring (bicyclic) bond motifs is 1. The van der Waals surface area contributed by atoms with E-state index >= 15 is 0 Å². The third-order valence-corrected chi connectivity index (χ3v) is 4.48. The quantitative estimate of drug-likeness (QED) is 0.861. The summed E-state index contributed by atoms with van der Waals surface area (Å²) in [6, 6.07) is 8.19. The molecule has 1 aromatic carbocycles. The first kappa shape index (κ1) is 12.5. The van der Waals surface area contributed by atoms with Crippen molar-refractivity contribution in [3.8, 4) is 6.07 Å². The van der Waals surface area contributed by atoms with E-state index in [1.807, 2.05) is 18.2 Å². The molecule has 98 valence electrons. The van der Waals surface area contributed by atoms with Crippen LogP contribution in [0.25, 0.3) is 0 Å². The van der Waals surface area contributed by atoms with Crippen molar-refractivity contribution in [2.24, 2.45) is 5.92 Å². The number of amides is 1. The Labute approximate surface area is 120 Å². The highest BCUT2D eigenvalue weighted by Gasteiger charge is 2.41. The maximum absolute atomic E-state index is 11.8. The number of carbonyl (C=O) groups is 1. The Bertz CT molecular complexity index is 566. The maximum Gasteiger partial charge on any atom is 0.225 e. The Morgan fingerprint density at radius 3 is 3.11 bits per heavy atom. The van der Waals surface area contributed by atoms with E-state index in [0.717, 1.165) is 29.5 Å². The van der Waals surface area contributed by atoms with Crippen LogP contribution in [0.15, 0.2) is 22.7 Å². The summed E-state index contributed by atoms with van der Waals surface area (Å²) in [5, 5.41) is 12.2. The van der Waals surface area contributed by atoms with E-state index in [0.29, 0.717) is 12.1 Å². The fourth-order valence-corrected chi connectivity index (χ4v) is 3.46. The SMILES string of the molecule is N#Cc1cc(Br)ccc1N1CCCC2C(=O)NCC21. The molecule has 19 heavy (non-hydrogen) atoms. The first-order valence-electron chi connectivity index (χ1n) is 6.44. The van der Waals surface area contributed by atoms with Gasteiger partial charge in [-0.25, -0.2) is 0 Å². The monoisotopic (exact) mass is 319 g/mol. The molecule has 4 nitrogen and oxygen atoms in total. The van der Waals surface area contributed by atoms with Gasteiger partial charge in [0.25, 0.3) is 0 Å². The fourth-order valence-electron chi connectivity index (χ4n) is 3.10. The molecule has 2 atom stereocenters.